The number of furan rings is 4. The number of rotatable bonds is 5. The summed E-state index contributed by atoms with van der Waals surface area (Å²) in [5, 5.41) is 10.8. The Labute approximate surface area is 359 Å². The van der Waals surface area contributed by atoms with Crippen molar-refractivity contribution in [1.29, 1.82) is 0 Å². The van der Waals surface area contributed by atoms with Crippen LogP contribution in [0.25, 0.3) is 121 Å². The van der Waals surface area contributed by atoms with Gasteiger partial charge in [0, 0.05) is 59.7 Å². The molecule has 0 atom stereocenters. The molecule has 0 spiro atoms. The molecule has 0 aliphatic carbocycles. The summed E-state index contributed by atoms with van der Waals surface area (Å²) < 4.78 is 26.3. The van der Waals surface area contributed by atoms with Gasteiger partial charge in [-0.3, -0.25) is 0 Å². The summed E-state index contributed by atoms with van der Waals surface area (Å²) >= 11 is 0. The van der Waals surface area contributed by atoms with E-state index >= 15 is 0 Å². The molecule has 4 heterocycles. The highest BCUT2D eigenvalue weighted by molar-refractivity contribution is 6.21. The second kappa shape index (κ2) is 13.0. The maximum atomic E-state index is 6.94. The smallest absolute Gasteiger partial charge is 0.159 e. The van der Waals surface area contributed by atoms with Gasteiger partial charge in [-0.05, 0) is 94.9 Å². The topological polar surface area (TPSA) is 55.8 Å². The molecule has 14 rings (SSSR count). The van der Waals surface area contributed by atoms with E-state index in [-0.39, 0.29) is 0 Å². The van der Waals surface area contributed by atoms with Crippen molar-refractivity contribution in [3.05, 3.63) is 200 Å². The summed E-state index contributed by atoms with van der Waals surface area (Å²) in [5.74, 6) is 0. The molecule has 63 heavy (non-hydrogen) atoms. The van der Waals surface area contributed by atoms with Crippen LogP contribution in [0.1, 0.15) is 0 Å². The summed E-state index contributed by atoms with van der Waals surface area (Å²) in [7, 11) is 0. The molecule has 4 aromatic heterocycles. The summed E-state index contributed by atoms with van der Waals surface area (Å²) in [6, 6.07) is 70.1. The predicted molar refractivity (Wildman–Crippen MR) is 259 cm³/mol. The Morgan fingerprint density at radius 3 is 1.51 bits per heavy atom. The Kier molecular flexibility index (Phi) is 7.05. The summed E-state index contributed by atoms with van der Waals surface area (Å²) in [5.41, 5.74) is 14.1. The number of anilines is 3. The molecule has 5 heteroatoms. The van der Waals surface area contributed by atoms with E-state index < -0.39 is 0 Å². The molecule has 0 aliphatic heterocycles. The summed E-state index contributed by atoms with van der Waals surface area (Å²) in [6.07, 6.45) is 0. The van der Waals surface area contributed by atoms with E-state index in [1.807, 2.05) is 36.4 Å². The van der Waals surface area contributed by atoms with Crippen molar-refractivity contribution in [2.24, 2.45) is 0 Å². The van der Waals surface area contributed by atoms with E-state index in [0.29, 0.717) is 0 Å². The first-order valence-corrected chi connectivity index (χ1v) is 21.2. The molecule has 294 valence electrons. The molecule has 0 saturated carbocycles. The van der Waals surface area contributed by atoms with Crippen LogP contribution in [0, 0.1) is 0 Å². The second-order valence-electron chi connectivity index (χ2n) is 16.4. The third kappa shape index (κ3) is 5.05. The molecule has 0 aliphatic rings. The van der Waals surface area contributed by atoms with E-state index in [2.05, 4.69) is 169 Å². The molecule has 0 bridgehead atoms. The molecule has 0 fully saturated rings. The zero-order chi connectivity index (χ0) is 41.2. The van der Waals surface area contributed by atoms with Gasteiger partial charge >= 0.3 is 0 Å². The van der Waals surface area contributed by atoms with Crippen LogP contribution in [0.4, 0.5) is 17.1 Å². The average Bonchev–Trinajstić information content (AvgIpc) is 4.12. The lowest BCUT2D eigenvalue weighted by atomic mass is 9.99. The van der Waals surface area contributed by atoms with Crippen LogP contribution in [0.3, 0.4) is 0 Å². The van der Waals surface area contributed by atoms with Crippen LogP contribution in [0.2, 0.25) is 0 Å². The van der Waals surface area contributed by atoms with Gasteiger partial charge in [-0.2, -0.15) is 0 Å². The molecule has 14 aromatic rings. The van der Waals surface area contributed by atoms with E-state index in [1.165, 1.54) is 0 Å². The minimum absolute atomic E-state index is 0.815. The van der Waals surface area contributed by atoms with E-state index in [9.17, 15) is 0 Å². The van der Waals surface area contributed by atoms with Gasteiger partial charge in [-0.1, -0.05) is 127 Å². The molecule has 0 radical (unpaired) electrons. The van der Waals surface area contributed by atoms with Crippen molar-refractivity contribution >= 4 is 116 Å². The fourth-order valence-corrected chi connectivity index (χ4v) is 9.94. The van der Waals surface area contributed by atoms with Gasteiger partial charge in [-0.15, -0.1) is 0 Å². The lowest BCUT2D eigenvalue weighted by molar-refractivity contribution is 0.668. The molecule has 10 aromatic carbocycles. The van der Waals surface area contributed by atoms with Crippen molar-refractivity contribution in [3.63, 3.8) is 0 Å². The number of benzene rings is 10. The quantitative estimate of drug-likeness (QED) is 0.173. The monoisotopic (exact) mass is 807 g/mol. The maximum Gasteiger partial charge on any atom is 0.159 e. The van der Waals surface area contributed by atoms with Crippen LogP contribution < -0.4 is 4.90 Å². The molecular formula is C58H33NO4. The van der Waals surface area contributed by atoms with Crippen LogP contribution in [-0.2, 0) is 0 Å². The van der Waals surface area contributed by atoms with E-state index in [1.54, 1.807) is 0 Å². The van der Waals surface area contributed by atoms with Gasteiger partial charge in [0.15, 0.2) is 5.58 Å². The maximum absolute atomic E-state index is 6.94. The van der Waals surface area contributed by atoms with Gasteiger partial charge in [0.25, 0.3) is 0 Å². The highest BCUT2D eigenvalue weighted by Crippen LogP contribution is 2.48. The van der Waals surface area contributed by atoms with Crippen molar-refractivity contribution in [2.45, 2.75) is 0 Å². The average molecular weight is 808 g/mol. The van der Waals surface area contributed by atoms with Gasteiger partial charge in [0.2, 0.25) is 0 Å². The minimum Gasteiger partial charge on any atom is -0.456 e. The van der Waals surface area contributed by atoms with Crippen molar-refractivity contribution in [1.82, 2.24) is 0 Å². The zero-order valence-corrected chi connectivity index (χ0v) is 33.6. The lowest BCUT2D eigenvalue weighted by Gasteiger charge is -2.27. The molecule has 0 unspecified atom stereocenters. The molecule has 0 saturated heterocycles. The highest BCUT2D eigenvalue weighted by Gasteiger charge is 2.24. The molecule has 0 amide bonds. The number of fused-ring (bicyclic) bond motifs is 14. The lowest BCUT2D eigenvalue weighted by Crippen LogP contribution is -2.11. The Hall–Kier alpha value is -8.54. The first-order chi connectivity index (χ1) is 31.2. The fraction of sp³-hybridized carbons (Fsp3) is 0. The second-order valence-corrected chi connectivity index (χ2v) is 16.4. The van der Waals surface area contributed by atoms with Crippen molar-refractivity contribution in [3.8, 4) is 22.3 Å². The van der Waals surface area contributed by atoms with Crippen LogP contribution in [0.15, 0.2) is 218 Å². The summed E-state index contributed by atoms with van der Waals surface area (Å²) in [6.45, 7) is 0. The van der Waals surface area contributed by atoms with Gasteiger partial charge < -0.3 is 22.6 Å². The Bertz CT molecular complexity index is 4160. The molecule has 5 nitrogen and oxygen atoms in total. The highest BCUT2D eigenvalue weighted by atomic mass is 16.3. The SMILES string of the molecule is c1cc(N(c2ccc(-c3cccc4c3oc3ccccc34)cc2)c2cccc3c2oc2ccccc23)c2c(c1)ccc1c3cc(-c4ccc5oc6ccccc6c5c4)ccc3oc12. The first kappa shape index (κ1) is 34.2. The normalized spacial score (nSPS) is 12.1. The Morgan fingerprint density at radius 1 is 0.286 bits per heavy atom. The minimum atomic E-state index is 0.815. The predicted octanol–water partition coefficient (Wildman–Crippen LogP) is 17.2. The number of nitrogens with zero attached hydrogens (tertiary/aromatic N) is 1. The van der Waals surface area contributed by atoms with Crippen LogP contribution in [0.5, 0.6) is 0 Å². The van der Waals surface area contributed by atoms with Gasteiger partial charge in [0.1, 0.15) is 39.1 Å². The first-order valence-electron chi connectivity index (χ1n) is 21.2. The largest absolute Gasteiger partial charge is 0.456 e. The number of para-hydroxylation sites is 5. The van der Waals surface area contributed by atoms with Crippen molar-refractivity contribution < 1.29 is 17.7 Å². The third-order valence-electron chi connectivity index (χ3n) is 12.9. The Balaban J connectivity index is 0.971. The van der Waals surface area contributed by atoms with E-state index in [0.717, 1.165) is 138 Å². The van der Waals surface area contributed by atoms with Crippen LogP contribution >= 0.6 is 0 Å². The van der Waals surface area contributed by atoms with Crippen LogP contribution in [-0.4, -0.2) is 0 Å². The molecular weight excluding hydrogens is 775 g/mol. The van der Waals surface area contributed by atoms with Gasteiger partial charge in [-0.25, -0.2) is 0 Å². The standard InChI is InChI=1S/C58H33NO4/c1-5-20-51-40(11-1)43-15-8-14-39(56(43)61-51)34-22-27-38(28-23-34)59(49-18-9-16-44-41-12-2-6-21-52(41)62-57(44)49)48-17-7-10-35-24-29-45-47-33-37(26-31-54(47)63-58(45)55(35)48)36-25-30-53-46(32-36)42-13-3-4-19-50(42)60-53/h1-33H. The zero-order valence-electron chi connectivity index (χ0n) is 33.6. The van der Waals surface area contributed by atoms with Crippen molar-refractivity contribution in [2.75, 3.05) is 4.90 Å². The van der Waals surface area contributed by atoms with Gasteiger partial charge in [0.05, 0.1) is 11.4 Å². The molecule has 0 N–H and O–H groups in total. The Morgan fingerprint density at radius 2 is 0.778 bits per heavy atom. The number of hydrogen-bond donors (Lipinski definition) is 0. The fourth-order valence-electron chi connectivity index (χ4n) is 9.94. The number of hydrogen-bond acceptors (Lipinski definition) is 5. The third-order valence-corrected chi connectivity index (χ3v) is 12.9. The summed E-state index contributed by atoms with van der Waals surface area (Å²) in [4.78, 5) is 2.32. The van der Waals surface area contributed by atoms with E-state index in [4.69, 9.17) is 17.7 Å².